The lowest BCUT2D eigenvalue weighted by molar-refractivity contribution is 0.0697. The van der Waals surface area contributed by atoms with Crippen LogP contribution in [0, 0.1) is 0 Å². The van der Waals surface area contributed by atoms with Gasteiger partial charge >= 0.3 is 5.97 Å². The highest BCUT2D eigenvalue weighted by molar-refractivity contribution is 5.87. The second-order valence-electron chi connectivity index (χ2n) is 3.11. The van der Waals surface area contributed by atoms with Gasteiger partial charge in [-0.15, -0.1) is 12.4 Å². The highest BCUT2D eigenvalue weighted by Crippen LogP contribution is 2.13. The van der Waals surface area contributed by atoms with Crippen molar-refractivity contribution in [3.8, 4) is 0 Å². The second-order valence-corrected chi connectivity index (χ2v) is 3.11. The molecule has 0 fully saturated rings. The number of hydrogen-bond acceptors (Lipinski definition) is 3. The summed E-state index contributed by atoms with van der Waals surface area (Å²) in [6.45, 7) is 0.530. The van der Waals surface area contributed by atoms with Crippen LogP contribution >= 0.6 is 12.4 Å². The number of halogens is 1. The van der Waals surface area contributed by atoms with E-state index in [0.717, 1.165) is 5.56 Å². The summed E-state index contributed by atoms with van der Waals surface area (Å²) in [5.74, 6) is -0.927. The molecule has 0 aromatic heterocycles. The van der Waals surface area contributed by atoms with Gasteiger partial charge in [0.05, 0.1) is 5.56 Å². The first-order chi connectivity index (χ1) is 6.65. The molecule has 0 spiro atoms. The Bertz CT molecular complexity index is 314. The Morgan fingerprint density at radius 3 is 2.27 bits per heavy atom. The maximum Gasteiger partial charge on any atom is 0.335 e. The first-order valence-corrected chi connectivity index (χ1v) is 4.44. The molecule has 0 aliphatic carbocycles. The standard InChI is InChI=1S/C10H14N2O2.ClH/c11-6-5-9(12)7-1-3-8(4-2-7)10(13)14;/h1-4,9H,5-6,11-12H2,(H,13,14);1H/t9-;/m1./s1. The lowest BCUT2D eigenvalue weighted by Crippen LogP contribution is -2.15. The van der Waals surface area contributed by atoms with Crippen molar-refractivity contribution >= 4 is 18.4 Å². The fraction of sp³-hybridized carbons (Fsp3) is 0.300. The molecule has 1 rings (SSSR count). The molecule has 0 amide bonds. The Hall–Kier alpha value is -1.10. The maximum atomic E-state index is 10.6. The van der Waals surface area contributed by atoms with Crippen LogP contribution in [0.1, 0.15) is 28.4 Å². The predicted octanol–water partition coefficient (Wildman–Crippen LogP) is 1.16. The number of hydrogen-bond donors (Lipinski definition) is 3. The van der Waals surface area contributed by atoms with Crippen LogP contribution in [0.15, 0.2) is 24.3 Å². The summed E-state index contributed by atoms with van der Waals surface area (Å²) in [7, 11) is 0. The molecule has 0 radical (unpaired) electrons. The molecule has 1 atom stereocenters. The van der Waals surface area contributed by atoms with Gasteiger partial charge < -0.3 is 16.6 Å². The summed E-state index contributed by atoms with van der Waals surface area (Å²) in [5, 5.41) is 8.67. The van der Waals surface area contributed by atoms with Crippen LogP contribution in [-0.4, -0.2) is 17.6 Å². The largest absolute Gasteiger partial charge is 0.478 e. The molecule has 0 saturated carbocycles. The summed E-state index contributed by atoms with van der Waals surface area (Å²) in [5.41, 5.74) is 12.4. The van der Waals surface area contributed by atoms with Gasteiger partial charge in [-0.05, 0) is 30.7 Å². The second kappa shape index (κ2) is 6.40. The van der Waals surface area contributed by atoms with Crippen LogP contribution in [0.25, 0.3) is 0 Å². The lowest BCUT2D eigenvalue weighted by atomic mass is 10.0. The molecule has 0 aliphatic rings. The monoisotopic (exact) mass is 230 g/mol. The Kier molecular flexibility index (Phi) is 5.93. The SMILES string of the molecule is Cl.NCC[C@@H](N)c1ccc(C(=O)O)cc1. The molecule has 5 N–H and O–H groups in total. The molecule has 15 heavy (non-hydrogen) atoms. The molecule has 84 valence electrons. The quantitative estimate of drug-likeness (QED) is 0.724. The first-order valence-electron chi connectivity index (χ1n) is 4.44. The summed E-state index contributed by atoms with van der Waals surface area (Å²) in [4.78, 5) is 10.6. The first kappa shape index (κ1) is 13.9. The van der Waals surface area contributed by atoms with Crippen molar-refractivity contribution in [3.63, 3.8) is 0 Å². The van der Waals surface area contributed by atoms with Gasteiger partial charge in [0.2, 0.25) is 0 Å². The molecule has 0 saturated heterocycles. The van der Waals surface area contributed by atoms with Crippen molar-refractivity contribution in [1.29, 1.82) is 0 Å². The third-order valence-electron chi connectivity index (χ3n) is 2.06. The van der Waals surface area contributed by atoms with Gasteiger partial charge in [-0.2, -0.15) is 0 Å². The van der Waals surface area contributed by atoms with E-state index in [1.54, 1.807) is 24.3 Å². The number of benzene rings is 1. The van der Waals surface area contributed by atoms with E-state index in [2.05, 4.69) is 0 Å². The molecule has 0 bridgehead atoms. The number of carboxylic acid groups (broad SMARTS) is 1. The highest BCUT2D eigenvalue weighted by atomic mass is 35.5. The molecular weight excluding hydrogens is 216 g/mol. The average Bonchev–Trinajstić information content (AvgIpc) is 2.18. The van der Waals surface area contributed by atoms with Crippen LogP contribution in [0.3, 0.4) is 0 Å². The Balaban J connectivity index is 0.00000196. The zero-order chi connectivity index (χ0) is 10.6. The van der Waals surface area contributed by atoms with Gasteiger partial charge in [0.25, 0.3) is 0 Å². The van der Waals surface area contributed by atoms with E-state index >= 15 is 0 Å². The number of aromatic carboxylic acids is 1. The molecule has 5 heteroatoms. The fourth-order valence-electron chi connectivity index (χ4n) is 1.22. The maximum absolute atomic E-state index is 10.6. The lowest BCUT2D eigenvalue weighted by Gasteiger charge is -2.10. The van der Waals surface area contributed by atoms with Crippen molar-refractivity contribution < 1.29 is 9.90 Å². The van der Waals surface area contributed by atoms with Crippen molar-refractivity contribution in [2.75, 3.05) is 6.54 Å². The predicted molar refractivity (Wildman–Crippen MR) is 61.2 cm³/mol. The van der Waals surface area contributed by atoms with E-state index in [9.17, 15) is 4.79 Å². The van der Waals surface area contributed by atoms with E-state index in [-0.39, 0.29) is 24.0 Å². The van der Waals surface area contributed by atoms with E-state index in [1.807, 2.05) is 0 Å². The van der Waals surface area contributed by atoms with Gasteiger partial charge in [-0.3, -0.25) is 0 Å². The van der Waals surface area contributed by atoms with Gasteiger partial charge in [0, 0.05) is 6.04 Å². The number of carboxylic acids is 1. The van der Waals surface area contributed by atoms with Crippen molar-refractivity contribution in [2.24, 2.45) is 11.5 Å². The summed E-state index contributed by atoms with van der Waals surface area (Å²) in [6, 6.07) is 6.44. The number of rotatable bonds is 4. The minimum Gasteiger partial charge on any atom is -0.478 e. The zero-order valence-electron chi connectivity index (χ0n) is 8.22. The molecule has 4 nitrogen and oxygen atoms in total. The third kappa shape index (κ3) is 3.87. The van der Waals surface area contributed by atoms with E-state index in [1.165, 1.54) is 0 Å². The van der Waals surface area contributed by atoms with E-state index in [4.69, 9.17) is 16.6 Å². The Labute approximate surface area is 94.7 Å². The van der Waals surface area contributed by atoms with E-state index < -0.39 is 5.97 Å². The number of nitrogens with two attached hydrogens (primary N) is 2. The fourth-order valence-corrected chi connectivity index (χ4v) is 1.22. The smallest absolute Gasteiger partial charge is 0.335 e. The molecule has 0 unspecified atom stereocenters. The molecular formula is C10H15ClN2O2. The molecule has 0 heterocycles. The minimum absolute atomic E-state index is 0. The van der Waals surface area contributed by atoms with Gasteiger partial charge in [0.1, 0.15) is 0 Å². The normalized spacial score (nSPS) is 11.6. The van der Waals surface area contributed by atoms with Crippen LogP contribution in [0.2, 0.25) is 0 Å². The summed E-state index contributed by atoms with van der Waals surface area (Å²) < 4.78 is 0. The zero-order valence-corrected chi connectivity index (χ0v) is 9.04. The molecule has 1 aromatic carbocycles. The molecule has 0 aliphatic heterocycles. The van der Waals surface area contributed by atoms with Gasteiger partial charge in [-0.1, -0.05) is 12.1 Å². The molecule has 1 aromatic rings. The topological polar surface area (TPSA) is 89.3 Å². The minimum atomic E-state index is -0.927. The van der Waals surface area contributed by atoms with Crippen molar-refractivity contribution in [1.82, 2.24) is 0 Å². The van der Waals surface area contributed by atoms with Crippen molar-refractivity contribution in [3.05, 3.63) is 35.4 Å². The van der Waals surface area contributed by atoms with Gasteiger partial charge in [0.15, 0.2) is 0 Å². The van der Waals surface area contributed by atoms with Crippen LogP contribution in [0.4, 0.5) is 0 Å². The third-order valence-corrected chi connectivity index (χ3v) is 2.06. The van der Waals surface area contributed by atoms with Crippen molar-refractivity contribution in [2.45, 2.75) is 12.5 Å². The Morgan fingerprint density at radius 1 is 1.33 bits per heavy atom. The number of carbonyl (C=O) groups is 1. The highest BCUT2D eigenvalue weighted by Gasteiger charge is 2.06. The van der Waals surface area contributed by atoms with Gasteiger partial charge in [-0.25, -0.2) is 4.79 Å². The Morgan fingerprint density at radius 2 is 1.87 bits per heavy atom. The van der Waals surface area contributed by atoms with Crippen LogP contribution in [-0.2, 0) is 0 Å². The summed E-state index contributed by atoms with van der Waals surface area (Å²) >= 11 is 0. The van der Waals surface area contributed by atoms with E-state index in [0.29, 0.717) is 13.0 Å². The van der Waals surface area contributed by atoms with Crippen LogP contribution < -0.4 is 11.5 Å². The summed E-state index contributed by atoms with van der Waals surface area (Å²) in [6.07, 6.45) is 0.701. The average molecular weight is 231 g/mol. The van der Waals surface area contributed by atoms with Crippen LogP contribution in [0.5, 0.6) is 0 Å².